The van der Waals surface area contributed by atoms with Crippen LogP contribution in [0.15, 0.2) is 243 Å². The number of nitrogens with zero attached hydrogens (tertiary/aromatic N) is 4. The van der Waals surface area contributed by atoms with E-state index in [1.807, 2.05) is 0 Å². The minimum atomic E-state index is 0.623. The summed E-state index contributed by atoms with van der Waals surface area (Å²) in [6, 6.07) is 87.1. The summed E-state index contributed by atoms with van der Waals surface area (Å²) in [4.78, 5) is 13.5. The van der Waals surface area contributed by atoms with Gasteiger partial charge in [-0.25, -0.2) is 9.97 Å². The monoisotopic (exact) mass is 840 g/mol. The molecular weight excluding hydrogens is 801 g/mol. The largest absolute Gasteiger partial charge is 0.309 e. The maximum atomic E-state index is 5.59. The molecule has 308 valence electrons. The Bertz CT molecular complexity index is 3750. The molecule has 0 unspecified atom stereocenters. The first-order valence-corrected chi connectivity index (χ1v) is 22.5. The van der Waals surface area contributed by atoms with E-state index in [1.165, 1.54) is 33.0 Å². The van der Waals surface area contributed by atoms with Gasteiger partial charge >= 0.3 is 0 Å². The van der Waals surface area contributed by atoms with Crippen LogP contribution in [0.3, 0.4) is 0 Å². The average Bonchev–Trinajstić information content (AvgIpc) is 3.67. The molecule has 3 heterocycles. The van der Waals surface area contributed by atoms with E-state index in [0.717, 1.165) is 83.6 Å². The van der Waals surface area contributed by atoms with Crippen molar-refractivity contribution in [1.82, 2.24) is 14.5 Å². The molecule has 0 saturated heterocycles. The highest BCUT2D eigenvalue weighted by Crippen LogP contribution is 2.55. The fraction of sp³-hybridized carbons (Fsp3) is 0. The van der Waals surface area contributed by atoms with Crippen molar-refractivity contribution in [3.05, 3.63) is 243 Å². The first-order chi connectivity index (χ1) is 32.7. The number of hydrogen-bond donors (Lipinski definition) is 0. The van der Waals surface area contributed by atoms with Crippen molar-refractivity contribution < 1.29 is 0 Å². The van der Waals surface area contributed by atoms with Crippen molar-refractivity contribution in [2.75, 3.05) is 4.90 Å². The van der Waals surface area contributed by atoms with Gasteiger partial charge in [0.1, 0.15) is 0 Å². The summed E-state index contributed by atoms with van der Waals surface area (Å²) in [5.74, 6) is 0.623. The van der Waals surface area contributed by atoms with Gasteiger partial charge in [-0.2, -0.15) is 0 Å². The summed E-state index contributed by atoms with van der Waals surface area (Å²) in [7, 11) is 0. The molecule has 1 aliphatic rings. The molecule has 66 heavy (non-hydrogen) atoms. The molecule has 2 aromatic heterocycles. The van der Waals surface area contributed by atoms with Gasteiger partial charge in [-0.05, 0) is 86.6 Å². The van der Waals surface area contributed by atoms with Crippen molar-refractivity contribution >= 4 is 49.6 Å². The average molecular weight is 841 g/mol. The van der Waals surface area contributed by atoms with Gasteiger partial charge in [-0.15, -0.1) is 0 Å². The third kappa shape index (κ3) is 6.15. The molecule has 0 aliphatic carbocycles. The van der Waals surface area contributed by atoms with E-state index < -0.39 is 0 Å². The molecule has 4 nitrogen and oxygen atoms in total. The second-order valence-electron chi connectivity index (χ2n) is 16.9. The molecule has 0 spiro atoms. The van der Waals surface area contributed by atoms with Crippen LogP contribution in [-0.4, -0.2) is 14.5 Å². The van der Waals surface area contributed by atoms with E-state index in [9.17, 15) is 0 Å². The van der Waals surface area contributed by atoms with Gasteiger partial charge in [0, 0.05) is 38.7 Å². The number of benzene rings is 10. The lowest BCUT2D eigenvalue weighted by Crippen LogP contribution is -2.12. The lowest BCUT2D eigenvalue weighted by atomic mass is 9.96. The zero-order chi connectivity index (χ0) is 43.6. The first-order valence-electron chi connectivity index (χ1n) is 22.5. The van der Waals surface area contributed by atoms with Gasteiger partial charge in [-0.3, -0.25) is 4.57 Å². The number of aromatic nitrogens is 3. The second kappa shape index (κ2) is 15.4. The fourth-order valence-electron chi connectivity index (χ4n) is 10.1. The van der Waals surface area contributed by atoms with Gasteiger partial charge in [0.05, 0.1) is 33.8 Å². The Morgan fingerprint density at radius 2 is 0.879 bits per heavy atom. The zero-order valence-electron chi connectivity index (χ0n) is 35.9. The van der Waals surface area contributed by atoms with Gasteiger partial charge in [0.25, 0.3) is 0 Å². The van der Waals surface area contributed by atoms with E-state index in [-0.39, 0.29) is 0 Å². The normalized spacial score (nSPS) is 11.9. The van der Waals surface area contributed by atoms with Gasteiger partial charge in [0.15, 0.2) is 0 Å². The number of hydrogen-bond acceptors (Lipinski definition) is 3. The maximum Gasteiger partial charge on any atom is 0.235 e. The Balaban J connectivity index is 1.05. The predicted octanol–water partition coefficient (Wildman–Crippen LogP) is 16.5. The fourth-order valence-corrected chi connectivity index (χ4v) is 10.1. The number of anilines is 3. The third-order valence-corrected chi connectivity index (χ3v) is 13.1. The predicted molar refractivity (Wildman–Crippen MR) is 275 cm³/mol. The van der Waals surface area contributed by atoms with Crippen LogP contribution in [-0.2, 0) is 0 Å². The quantitative estimate of drug-likeness (QED) is 0.167. The van der Waals surface area contributed by atoms with Crippen LogP contribution in [0.2, 0.25) is 0 Å². The highest BCUT2D eigenvalue weighted by atomic mass is 15.2. The van der Waals surface area contributed by atoms with Crippen LogP contribution in [0.4, 0.5) is 17.1 Å². The maximum absolute atomic E-state index is 5.59. The summed E-state index contributed by atoms with van der Waals surface area (Å²) in [5.41, 5.74) is 18.6. The van der Waals surface area contributed by atoms with Crippen LogP contribution in [0.25, 0.3) is 106 Å². The Morgan fingerprint density at radius 1 is 0.333 bits per heavy atom. The Hall–Kier alpha value is -8.86. The van der Waals surface area contributed by atoms with Crippen LogP contribution in [0.1, 0.15) is 0 Å². The molecule has 10 aromatic carbocycles. The van der Waals surface area contributed by atoms with Crippen LogP contribution in [0, 0.1) is 0 Å². The van der Waals surface area contributed by atoms with Crippen molar-refractivity contribution in [2.24, 2.45) is 0 Å². The number of rotatable bonds is 6. The molecule has 0 atom stereocenters. The molecule has 1 aliphatic heterocycles. The topological polar surface area (TPSA) is 34.0 Å². The number of fused-ring (bicyclic) bond motifs is 9. The minimum Gasteiger partial charge on any atom is -0.309 e. The zero-order valence-corrected chi connectivity index (χ0v) is 35.9. The van der Waals surface area contributed by atoms with E-state index >= 15 is 0 Å². The van der Waals surface area contributed by atoms with E-state index in [0.29, 0.717) is 5.95 Å². The minimum absolute atomic E-state index is 0.623. The van der Waals surface area contributed by atoms with Crippen molar-refractivity contribution in [1.29, 1.82) is 0 Å². The molecule has 0 N–H and O–H groups in total. The van der Waals surface area contributed by atoms with Gasteiger partial charge in [0.2, 0.25) is 5.95 Å². The van der Waals surface area contributed by atoms with Crippen LogP contribution >= 0.6 is 0 Å². The molecule has 4 heteroatoms. The molecule has 12 aromatic rings. The SMILES string of the molecule is c1ccc(-c2cc(-c3ccccc3)cc(N3c4ccccc4-c4c(n(-c5nc(-c6ccc(-c7cccc8ccccc78)cc6)c6ccccc6n5)c5ccccc45)-c4ccccc43)c2)cc1. The van der Waals surface area contributed by atoms with Gasteiger partial charge < -0.3 is 4.90 Å². The van der Waals surface area contributed by atoms with Crippen molar-refractivity contribution in [3.63, 3.8) is 0 Å². The summed E-state index contributed by atoms with van der Waals surface area (Å²) in [5, 5.41) is 4.61. The second-order valence-corrected chi connectivity index (χ2v) is 16.9. The summed E-state index contributed by atoms with van der Waals surface area (Å²) < 4.78 is 2.31. The molecular formula is C62H40N4. The van der Waals surface area contributed by atoms with E-state index in [1.54, 1.807) is 0 Å². The van der Waals surface area contributed by atoms with Crippen LogP contribution < -0.4 is 4.90 Å². The first kappa shape index (κ1) is 37.7. The van der Waals surface area contributed by atoms with E-state index in [4.69, 9.17) is 9.97 Å². The van der Waals surface area contributed by atoms with Crippen LogP contribution in [0.5, 0.6) is 0 Å². The number of para-hydroxylation sites is 4. The highest BCUT2D eigenvalue weighted by molar-refractivity contribution is 6.13. The molecule has 0 amide bonds. The smallest absolute Gasteiger partial charge is 0.235 e. The molecule has 13 rings (SSSR count). The van der Waals surface area contributed by atoms with Gasteiger partial charge in [-0.1, -0.05) is 200 Å². The molecule has 0 fully saturated rings. The Morgan fingerprint density at radius 3 is 1.62 bits per heavy atom. The molecule has 0 radical (unpaired) electrons. The Kier molecular flexibility index (Phi) is 8.81. The highest BCUT2D eigenvalue weighted by Gasteiger charge is 2.32. The lowest BCUT2D eigenvalue weighted by molar-refractivity contribution is 0.991. The van der Waals surface area contributed by atoms with Crippen molar-refractivity contribution in [3.8, 4) is 73.0 Å². The summed E-state index contributed by atoms with van der Waals surface area (Å²) in [6.45, 7) is 0. The third-order valence-electron chi connectivity index (χ3n) is 13.1. The standard InChI is InChI=1S/C62H40N4/c1-3-18-41(19-4-1)46-38-47(42-20-5-2-6-21-42)40-48(39-46)65-56-31-14-10-26-52(56)59-53-27-11-15-32-57(53)66(61(59)54-28-12-16-33-58(54)65)62-63-55-30-13-9-25-51(55)60(64-62)45-36-34-44(35-37-45)50-29-17-23-43-22-7-8-24-49(43)50/h1-40H. The van der Waals surface area contributed by atoms with E-state index in [2.05, 4.69) is 252 Å². The Labute approximate surface area is 383 Å². The molecule has 0 bridgehead atoms. The summed E-state index contributed by atoms with van der Waals surface area (Å²) >= 11 is 0. The van der Waals surface area contributed by atoms with Crippen molar-refractivity contribution in [2.45, 2.75) is 0 Å². The molecule has 0 saturated carbocycles. The lowest BCUT2D eigenvalue weighted by Gasteiger charge is -2.28. The summed E-state index contributed by atoms with van der Waals surface area (Å²) in [6.07, 6.45) is 0.